The van der Waals surface area contributed by atoms with Gasteiger partial charge in [0.2, 0.25) is 5.76 Å². The molecule has 0 aliphatic carbocycles. The van der Waals surface area contributed by atoms with Gasteiger partial charge in [-0.3, -0.25) is 4.90 Å². The van der Waals surface area contributed by atoms with E-state index in [1.165, 1.54) is 7.11 Å². The first-order valence-corrected chi connectivity index (χ1v) is 6.43. The van der Waals surface area contributed by atoms with Crippen LogP contribution in [0, 0.1) is 0 Å². The van der Waals surface area contributed by atoms with E-state index in [1.807, 2.05) is 6.07 Å². The summed E-state index contributed by atoms with van der Waals surface area (Å²) in [6, 6.07) is 3.79. The highest BCUT2D eigenvalue weighted by molar-refractivity contribution is 5.86. The zero-order valence-corrected chi connectivity index (χ0v) is 11.5. The fourth-order valence-electron chi connectivity index (χ4n) is 2.35. The lowest BCUT2D eigenvalue weighted by atomic mass is 10.1. The molecule has 0 radical (unpaired) electrons. The highest BCUT2D eigenvalue weighted by Crippen LogP contribution is 2.15. The number of nitrogens with two attached hydrogens (primary N) is 1. The van der Waals surface area contributed by atoms with Gasteiger partial charge < -0.3 is 19.8 Å². The molecule has 1 saturated heterocycles. The predicted octanol–water partition coefficient (Wildman–Crippen LogP) is 0.141. The zero-order chi connectivity index (χ0) is 13.8. The largest absolute Gasteiger partial charge is 0.463 e. The maximum atomic E-state index is 11.3. The molecule has 0 bridgehead atoms. The number of ether oxygens (including phenoxy) is 1. The Morgan fingerprint density at radius 3 is 3.00 bits per heavy atom. The number of piperazine rings is 1. The van der Waals surface area contributed by atoms with Gasteiger partial charge in [0.25, 0.3) is 0 Å². The van der Waals surface area contributed by atoms with Crippen molar-refractivity contribution < 1.29 is 13.9 Å². The molecule has 19 heavy (non-hydrogen) atoms. The molecule has 2 N–H and O–H groups in total. The van der Waals surface area contributed by atoms with Crippen LogP contribution in [0.4, 0.5) is 0 Å². The number of carbonyl (C=O) groups is 1. The molecule has 0 amide bonds. The van der Waals surface area contributed by atoms with Crippen molar-refractivity contribution in [2.45, 2.75) is 12.6 Å². The summed E-state index contributed by atoms with van der Waals surface area (Å²) < 4.78 is 10.1. The monoisotopic (exact) mass is 267 g/mol. The van der Waals surface area contributed by atoms with Crippen molar-refractivity contribution in [3.05, 3.63) is 23.7 Å². The second-order valence-electron chi connectivity index (χ2n) is 4.88. The number of esters is 1. The molecule has 2 heterocycles. The normalized spacial score (nSPS) is 21.5. The van der Waals surface area contributed by atoms with Crippen molar-refractivity contribution in [2.24, 2.45) is 5.73 Å². The van der Waals surface area contributed by atoms with Crippen LogP contribution in [-0.4, -0.2) is 62.1 Å². The van der Waals surface area contributed by atoms with Gasteiger partial charge in [-0.25, -0.2) is 4.79 Å². The summed E-state index contributed by atoms with van der Waals surface area (Å²) in [6.07, 6.45) is 0. The van der Waals surface area contributed by atoms with Crippen molar-refractivity contribution in [1.29, 1.82) is 0 Å². The summed E-state index contributed by atoms with van der Waals surface area (Å²) in [4.78, 5) is 15.9. The molecule has 6 nitrogen and oxygen atoms in total. The average molecular weight is 267 g/mol. The molecule has 2 rings (SSSR count). The van der Waals surface area contributed by atoms with Gasteiger partial charge in [-0.1, -0.05) is 0 Å². The van der Waals surface area contributed by atoms with Crippen LogP contribution in [0.3, 0.4) is 0 Å². The topological polar surface area (TPSA) is 71.9 Å². The number of hydrogen-bond acceptors (Lipinski definition) is 6. The van der Waals surface area contributed by atoms with Gasteiger partial charge in [0.1, 0.15) is 5.76 Å². The van der Waals surface area contributed by atoms with Crippen molar-refractivity contribution in [3.63, 3.8) is 0 Å². The highest BCUT2D eigenvalue weighted by atomic mass is 16.5. The molecule has 106 valence electrons. The average Bonchev–Trinajstić information content (AvgIpc) is 2.88. The minimum absolute atomic E-state index is 0.246. The first-order chi connectivity index (χ1) is 9.13. The maximum absolute atomic E-state index is 11.3. The van der Waals surface area contributed by atoms with Gasteiger partial charge in [0.15, 0.2) is 0 Å². The third-order valence-electron chi connectivity index (χ3n) is 3.49. The molecule has 0 aromatic carbocycles. The number of furan rings is 1. The van der Waals surface area contributed by atoms with E-state index in [2.05, 4.69) is 21.6 Å². The summed E-state index contributed by atoms with van der Waals surface area (Å²) in [5.74, 6) is 0.569. The molecule has 1 aliphatic rings. The number of carbonyl (C=O) groups excluding carboxylic acids is 1. The molecular weight excluding hydrogens is 246 g/mol. The van der Waals surface area contributed by atoms with E-state index in [-0.39, 0.29) is 5.76 Å². The molecule has 1 aliphatic heterocycles. The standard InChI is InChI=1S/C13H21N3O3/c1-15-5-6-16(10(7-14)8-15)9-11-3-4-12(19-11)13(17)18-2/h3-4,10H,5-9,14H2,1-2H3. The molecule has 0 spiro atoms. The molecule has 0 saturated carbocycles. The smallest absolute Gasteiger partial charge is 0.373 e. The Morgan fingerprint density at radius 2 is 2.32 bits per heavy atom. The van der Waals surface area contributed by atoms with E-state index >= 15 is 0 Å². The van der Waals surface area contributed by atoms with Crippen molar-refractivity contribution >= 4 is 5.97 Å². The Hall–Kier alpha value is -1.37. The lowest BCUT2D eigenvalue weighted by Gasteiger charge is -2.39. The summed E-state index contributed by atoms with van der Waals surface area (Å²) in [5, 5.41) is 0. The fraction of sp³-hybridized carbons (Fsp3) is 0.615. The van der Waals surface area contributed by atoms with E-state index in [4.69, 9.17) is 10.2 Å². The Morgan fingerprint density at radius 1 is 1.53 bits per heavy atom. The lowest BCUT2D eigenvalue weighted by Crippen LogP contribution is -2.54. The summed E-state index contributed by atoms with van der Waals surface area (Å²) in [7, 11) is 3.44. The quantitative estimate of drug-likeness (QED) is 0.782. The van der Waals surface area contributed by atoms with Crippen molar-refractivity contribution in [1.82, 2.24) is 9.80 Å². The van der Waals surface area contributed by atoms with Crippen molar-refractivity contribution in [2.75, 3.05) is 40.3 Å². The van der Waals surface area contributed by atoms with E-state index in [1.54, 1.807) is 6.07 Å². The van der Waals surface area contributed by atoms with Crippen LogP contribution in [0.1, 0.15) is 16.3 Å². The molecule has 1 aromatic rings. The van der Waals surface area contributed by atoms with Crippen LogP contribution in [0.15, 0.2) is 16.5 Å². The number of rotatable bonds is 4. The van der Waals surface area contributed by atoms with E-state index in [0.717, 1.165) is 25.4 Å². The minimum Gasteiger partial charge on any atom is -0.463 e. The zero-order valence-electron chi connectivity index (χ0n) is 11.5. The van der Waals surface area contributed by atoms with Crippen LogP contribution in [0.2, 0.25) is 0 Å². The third-order valence-corrected chi connectivity index (χ3v) is 3.49. The number of methoxy groups -OCH3 is 1. The molecule has 1 fully saturated rings. The van der Waals surface area contributed by atoms with Crippen LogP contribution in [-0.2, 0) is 11.3 Å². The summed E-state index contributed by atoms with van der Waals surface area (Å²) in [5.41, 5.74) is 5.81. The molecule has 1 aromatic heterocycles. The first-order valence-electron chi connectivity index (χ1n) is 6.43. The van der Waals surface area contributed by atoms with Crippen LogP contribution in [0.5, 0.6) is 0 Å². The first kappa shape index (κ1) is 14.0. The number of hydrogen-bond donors (Lipinski definition) is 1. The third kappa shape index (κ3) is 3.34. The lowest BCUT2D eigenvalue weighted by molar-refractivity contribution is 0.0552. The van der Waals surface area contributed by atoms with Gasteiger partial charge in [-0.2, -0.15) is 0 Å². The van der Waals surface area contributed by atoms with Crippen LogP contribution in [0.25, 0.3) is 0 Å². The predicted molar refractivity (Wildman–Crippen MR) is 70.8 cm³/mol. The Balaban J connectivity index is 2.00. The minimum atomic E-state index is -0.444. The maximum Gasteiger partial charge on any atom is 0.373 e. The second kappa shape index (κ2) is 6.18. The van der Waals surface area contributed by atoms with Gasteiger partial charge in [0.05, 0.1) is 13.7 Å². The molecule has 1 unspecified atom stereocenters. The number of nitrogens with zero attached hydrogens (tertiary/aromatic N) is 2. The SMILES string of the molecule is COC(=O)c1ccc(CN2CCN(C)CC2CN)o1. The van der Waals surface area contributed by atoms with Gasteiger partial charge in [0, 0.05) is 32.2 Å². The van der Waals surface area contributed by atoms with Crippen LogP contribution < -0.4 is 5.73 Å². The second-order valence-corrected chi connectivity index (χ2v) is 4.88. The fourth-order valence-corrected chi connectivity index (χ4v) is 2.35. The molecular formula is C13H21N3O3. The van der Waals surface area contributed by atoms with E-state index in [9.17, 15) is 4.79 Å². The Bertz CT molecular complexity index is 433. The van der Waals surface area contributed by atoms with Gasteiger partial charge in [-0.15, -0.1) is 0 Å². The van der Waals surface area contributed by atoms with E-state index in [0.29, 0.717) is 19.1 Å². The molecule has 1 atom stereocenters. The Kier molecular flexibility index (Phi) is 4.57. The van der Waals surface area contributed by atoms with E-state index < -0.39 is 5.97 Å². The highest BCUT2D eigenvalue weighted by Gasteiger charge is 2.25. The number of likely N-dealkylation sites (N-methyl/N-ethyl adjacent to an activating group) is 1. The van der Waals surface area contributed by atoms with Crippen molar-refractivity contribution in [3.8, 4) is 0 Å². The summed E-state index contributed by atoms with van der Waals surface area (Å²) in [6.45, 7) is 4.22. The molecule has 6 heteroatoms. The van der Waals surface area contributed by atoms with Gasteiger partial charge >= 0.3 is 5.97 Å². The summed E-state index contributed by atoms with van der Waals surface area (Å²) >= 11 is 0. The van der Waals surface area contributed by atoms with Gasteiger partial charge in [-0.05, 0) is 19.2 Å². The van der Waals surface area contributed by atoms with Crippen LogP contribution >= 0.6 is 0 Å². The Labute approximate surface area is 113 Å².